The lowest BCUT2D eigenvalue weighted by molar-refractivity contribution is 0.726. The zero-order chi connectivity index (χ0) is 15.2. The Morgan fingerprint density at radius 1 is 1.14 bits per heavy atom. The molecule has 0 radical (unpaired) electrons. The molecule has 0 aromatic heterocycles. The van der Waals surface area contributed by atoms with Crippen LogP contribution in [0.3, 0.4) is 0 Å². The highest BCUT2D eigenvalue weighted by molar-refractivity contribution is 9.10. The van der Waals surface area contributed by atoms with Crippen LogP contribution in [-0.4, -0.2) is 13.6 Å². The molecule has 0 bridgehead atoms. The Kier molecular flexibility index (Phi) is 6.09. The van der Waals surface area contributed by atoms with Crippen LogP contribution in [0.2, 0.25) is 5.02 Å². The number of nitrogens with zero attached hydrogens (tertiary/aromatic N) is 1. The van der Waals surface area contributed by atoms with Crippen LogP contribution in [-0.2, 0) is 13.1 Å². The van der Waals surface area contributed by atoms with E-state index in [0.29, 0.717) is 0 Å². The summed E-state index contributed by atoms with van der Waals surface area (Å²) in [5, 5.41) is 4.12. The van der Waals surface area contributed by atoms with Gasteiger partial charge in [0.2, 0.25) is 0 Å². The summed E-state index contributed by atoms with van der Waals surface area (Å²) in [4.78, 5) is 2.22. The van der Waals surface area contributed by atoms with Gasteiger partial charge in [0.25, 0.3) is 0 Å². The maximum Gasteiger partial charge on any atom is 0.0511 e. The number of halogens is 2. The first-order valence-corrected chi connectivity index (χ1v) is 8.22. The lowest BCUT2D eigenvalue weighted by Crippen LogP contribution is -2.17. The van der Waals surface area contributed by atoms with Crippen LogP contribution in [0.1, 0.15) is 18.1 Å². The maximum atomic E-state index is 6.04. The number of hydrogen-bond donors (Lipinski definition) is 1. The van der Waals surface area contributed by atoms with Gasteiger partial charge in [-0.05, 0) is 57.9 Å². The summed E-state index contributed by atoms with van der Waals surface area (Å²) in [6, 6.07) is 14.5. The standard InChI is InChI=1S/C17H20BrClN2/c1-3-20-11-13-7-8-17(16(18)10-13)21(2)12-14-5-4-6-15(19)9-14/h4-10,20H,3,11-12H2,1-2H3. The molecule has 0 saturated heterocycles. The molecular weight excluding hydrogens is 348 g/mol. The third kappa shape index (κ3) is 4.73. The smallest absolute Gasteiger partial charge is 0.0511 e. The van der Waals surface area contributed by atoms with Crippen molar-refractivity contribution >= 4 is 33.2 Å². The molecule has 0 heterocycles. The zero-order valence-electron chi connectivity index (χ0n) is 12.4. The Hall–Kier alpha value is -1.03. The van der Waals surface area contributed by atoms with Gasteiger partial charge in [0.1, 0.15) is 0 Å². The van der Waals surface area contributed by atoms with Crippen molar-refractivity contribution in [3.05, 3.63) is 63.1 Å². The van der Waals surface area contributed by atoms with E-state index in [1.807, 2.05) is 18.2 Å². The largest absolute Gasteiger partial charge is 0.369 e. The first kappa shape index (κ1) is 16.3. The third-order valence-corrected chi connectivity index (χ3v) is 4.18. The van der Waals surface area contributed by atoms with Crippen molar-refractivity contribution < 1.29 is 0 Å². The van der Waals surface area contributed by atoms with Crippen molar-refractivity contribution in [1.29, 1.82) is 0 Å². The summed E-state index contributed by atoms with van der Waals surface area (Å²) in [6.45, 7) is 4.81. The van der Waals surface area contributed by atoms with Gasteiger partial charge >= 0.3 is 0 Å². The SMILES string of the molecule is CCNCc1ccc(N(C)Cc2cccc(Cl)c2)c(Br)c1. The molecule has 0 aliphatic rings. The lowest BCUT2D eigenvalue weighted by atomic mass is 10.1. The Labute approximate surface area is 140 Å². The van der Waals surface area contributed by atoms with Crippen LogP contribution < -0.4 is 10.2 Å². The molecule has 0 aliphatic carbocycles. The zero-order valence-corrected chi connectivity index (χ0v) is 14.7. The molecule has 0 saturated carbocycles. The van der Waals surface area contributed by atoms with Crippen LogP contribution >= 0.6 is 27.5 Å². The van der Waals surface area contributed by atoms with Crippen LogP contribution in [0.25, 0.3) is 0 Å². The van der Waals surface area contributed by atoms with Crippen LogP contribution in [0.4, 0.5) is 5.69 Å². The molecule has 0 amide bonds. The van der Waals surface area contributed by atoms with Crippen LogP contribution in [0.5, 0.6) is 0 Å². The van der Waals surface area contributed by atoms with Gasteiger partial charge in [-0.15, -0.1) is 0 Å². The second kappa shape index (κ2) is 7.83. The molecule has 0 unspecified atom stereocenters. The highest BCUT2D eigenvalue weighted by Crippen LogP contribution is 2.28. The molecule has 1 N–H and O–H groups in total. The predicted octanol–water partition coefficient (Wildman–Crippen LogP) is 4.85. The van der Waals surface area contributed by atoms with Crippen LogP contribution in [0, 0.1) is 0 Å². The molecule has 0 fully saturated rings. The first-order valence-electron chi connectivity index (χ1n) is 7.05. The van der Waals surface area contributed by atoms with Crippen molar-refractivity contribution in [2.24, 2.45) is 0 Å². The fourth-order valence-electron chi connectivity index (χ4n) is 2.23. The number of rotatable bonds is 6. The maximum absolute atomic E-state index is 6.04. The molecule has 2 aromatic carbocycles. The minimum absolute atomic E-state index is 0.779. The minimum atomic E-state index is 0.779. The lowest BCUT2D eigenvalue weighted by Gasteiger charge is -2.21. The van der Waals surface area contributed by atoms with Crippen molar-refractivity contribution in [3.63, 3.8) is 0 Å². The molecule has 2 nitrogen and oxygen atoms in total. The van der Waals surface area contributed by atoms with E-state index < -0.39 is 0 Å². The van der Waals surface area contributed by atoms with Gasteiger partial charge in [-0.1, -0.05) is 36.7 Å². The molecule has 2 aromatic rings. The number of hydrogen-bond acceptors (Lipinski definition) is 2. The third-order valence-electron chi connectivity index (χ3n) is 3.31. The van der Waals surface area contributed by atoms with E-state index in [9.17, 15) is 0 Å². The molecular formula is C17H20BrClN2. The van der Waals surface area contributed by atoms with Crippen molar-refractivity contribution in [3.8, 4) is 0 Å². The minimum Gasteiger partial charge on any atom is -0.369 e. The van der Waals surface area contributed by atoms with Gasteiger partial charge in [-0.3, -0.25) is 0 Å². The summed E-state index contributed by atoms with van der Waals surface area (Å²) >= 11 is 9.71. The van der Waals surface area contributed by atoms with E-state index in [2.05, 4.69) is 64.4 Å². The molecule has 112 valence electrons. The van der Waals surface area contributed by atoms with Gasteiger partial charge < -0.3 is 10.2 Å². The number of anilines is 1. The fourth-order valence-corrected chi connectivity index (χ4v) is 3.18. The van der Waals surface area contributed by atoms with Gasteiger partial charge in [0.05, 0.1) is 5.69 Å². The summed E-state index contributed by atoms with van der Waals surface area (Å²) in [7, 11) is 2.09. The van der Waals surface area contributed by atoms with Crippen LogP contribution in [0.15, 0.2) is 46.9 Å². The fraction of sp³-hybridized carbons (Fsp3) is 0.294. The Morgan fingerprint density at radius 3 is 2.62 bits per heavy atom. The van der Waals surface area contributed by atoms with Gasteiger partial charge in [-0.25, -0.2) is 0 Å². The molecule has 0 spiro atoms. The van der Waals surface area contributed by atoms with E-state index in [4.69, 9.17) is 11.6 Å². The van der Waals surface area contributed by atoms with Gasteiger partial charge in [-0.2, -0.15) is 0 Å². The van der Waals surface area contributed by atoms with E-state index in [0.717, 1.165) is 29.1 Å². The number of nitrogens with one attached hydrogen (secondary N) is 1. The Bertz CT molecular complexity index is 601. The molecule has 0 atom stereocenters. The molecule has 4 heteroatoms. The summed E-state index contributed by atoms with van der Waals surface area (Å²) in [5.41, 5.74) is 3.66. The summed E-state index contributed by atoms with van der Waals surface area (Å²) < 4.78 is 1.11. The average Bonchev–Trinajstić information content (AvgIpc) is 2.45. The number of benzene rings is 2. The summed E-state index contributed by atoms with van der Waals surface area (Å²) in [5.74, 6) is 0. The second-order valence-electron chi connectivity index (χ2n) is 5.05. The topological polar surface area (TPSA) is 15.3 Å². The normalized spacial score (nSPS) is 10.7. The molecule has 2 rings (SSSR count). The second-order valence-corrected chi connectivity index (χ2v) is 6.34. The summed E-state index contributed by atoms with van der Waals surface area (Å²) in [6.07, 6.45) is 0. The Morgan fingerprint density at radius 2 is 1.95 bits per heavy atom. The van der Waals surface area contributed by atoms with Crippen molar-refractivity contribution in [1.82, 2.24) is 5.32 Å². The van der Waals surface area contributed by atoms with Gasteiger partial charge in [0.15, 0.2) is 0 Å². The molecule has 0 aliphatic heterocycles. The van der Waals surface area contributed by atoms with Crippen molar-refractivity contribution in [2.45, 2.75) is 20.0 Å². The van der Waals surface area contributed by atoms with Crippen molar-refractivity contribution in [2.75, 3.05) is 18.5 Å². The Balaban J connectivity index is 2.10. The van der Waals surface area contributed by atoms with E-state index >= 15 is 0 Å². The quantitative estimate of drug-likeness (QED) is 0.785. The molecule has 21 heavy (non-hydrogen) atoms. The first-order chi connectivity index (χ1) is 10.1. The highest BCUT2D eigenvalue weighted by Gasteiger charge is 2.07. The van der Waals surface area contributed by atoms with E-state index in [1.54, 1.807) is 0 Å². The van der Waals surface area contributed by atoms with Gasteiger partial charge in [0, 0.05) is 29.6 Å². The van der Waals surface area contributed by atoms with E-state index in [1.165, 1.54) is 16.8 Å². The predicted molar refractivity (Wildman–Crippen MR) is 95.1 cm³/mol. The highest BCUT2D eigenvalue weighted by atomic mass is 79.9. The van der Waals surface area contributed by atoms with E-state index in [-0.39, 0.29) is 0 Å². The average molecular weight is 368 g/mol. The monoisotopic (exact) mass is 366 g/mol.